The Morgan fingerprint density at radius 1 is 1.33 bits per heavy atom. The SMILES string of the molecule is Cn1c(NC(C)(C)C)nc2c(Br)cccc2c1=O. The van der Waals surface area contributed by atoms with Gasteiger partial charge in [0.25, 0.3) is 5.56 Å². The third kappa shape index (κ3) is 2.41. The lowest BCUT2D eigenvalue weighted by atomic mass is 10.1. The van der Waals surface area contributed by atoms with E-state index in [9.17, 15) is 4.79 Å². The van der Waals surface area contributed by atoms with Crippen LogP contribution in [0.25, 0.3) is 10.9 Å². The number of nitrogens with one attached hydrogen (secondary N) is 1. The number of hydrogen-bond acceptors (Lipinski definition) is 3. The molecule has 2 aromatic rings. The molecule has 2 rings (SSSR count). The van der Waals surface area contributed by atoms with E-state index in [1.807, 2.05) is 32.9 Å². The standard InChI is InChI=1S/C13H16BrN3O/c1-13(2,3)16-12-15-10-8(11(18)17(12)4)6-5-7-9(10)14/h5-7H,1-4H3,(H,15,16). The van der Waals surface area contributed by atoms with E-state index in [2.05, 4.69) is 26.2 Å². The highest BCUT2D eigenvalue weighted by Crippen LogP contribution is 2.21. The normalized spacial score (nSPS) is 11.8. The van der Waals surface area contributed by atoms with Gasteiger partial charge in [0.2, 0.25) is 5.95 Å². The quantitative estimate of drug-likeness (QED) is 0.881. The maximum atomic E-state index is 12.2. The molecule has 5 heteroatoms. The van der Waals surface area contributed by atoms with Gasteiger partial charge in [-0.2, -0.15) is 0 Å². The highest BCUT2D eigenvalue weighted by Gasteiger charge is 2.15. The molecule has 0 radical (unpaired) electrons. The number of anilines is 1. The molecule has 0 spiro atoms. The second-order valence-corrected chi connectivity index (χ2v) is 6.16. The zero-order chi connectivity index (χ0) is 13.5. The van der Waals surface area contributed by atoms with Crippen molar-refractivity contribution in [3.05, 3.63) is 33.0 Å². The van der Waals surface area contributed by atoms with Crippen molar-refractivity contribution < 1.29 is 0 Å². The van der Waals surface area contributed by atoms with E-state index < -0.39 is 0 Å². The summed E-state index contributed by atoms with van der Waals surface area (Å²) in [4.78, 5) is 16.8. The first-order valence-corrected chi connectivity index (χ1v) is 6.52. The van der Waals surface area contributed by atoms with Crippen LogP contribution in [0.1, 0.15) is 20.8 Å². The van der Waals surface area contributed by atoms with Crippen molar-refractivity contribution in [3.63, 3.8) is 0 Å². The first kappa shape index (κ1) is 13.1. The first-order chi connectivity index (χ1) is 8.29. The Bertz CT molecular complexity index is 656. The number of nitrogens with zero attached hydrogens (tertiary/aromatic N) is 2. The molecule has 0 unspecified atom stereocenters. The molecule has 0 amide bonds. The molecular formula is C13H16BrN3O. The minimum absolute atomic E-state index is 0.0481. The molecule has 0 aliphatic carbocycles. The summed E-state index contributed by atoms with van der Waals surface area (Å²) in [5, 5.41) is 3.86. The predicted octanol–water partition coefficient (Wildman–Crippen LogP) is 2.91. The summed E-state index contributed by atoms with van der Waals surface area (Å²) in [5.74, 6) is 0.576. The Balaban J connectivity index is 2.74. The Morgan fingerprint density at radius 2 is 2.00 bits per heavy atom. The lowest BCUT2D eigenvalue weighted by Crippen LogP contribution is -2.32. The molecule has 0 bridgehead atoms. The Hall–Kier alpha value is -1.36. The summed E-state index contributed by atoms with van der Waals surface area (Å²) in [6, 6.07) is 5.51. The van der Waals surface area contributed by atoms with Crippen LogP contribution in [-0.2, 0) is 7.05 Å². The molecule has 18 heavy (non-hydrogen) atoms. The highest BCUT2D eigenvalue weighted by molar-refractivity contribution is 9.10. The zero-order valence-corrected chi connectivity index (χ0v) is 12.5. The largest absolute Gasteiger partial charge is 0.351 e. The molecule has 4 nitrogen and oxygen atoms in total. The number of rotatable bonds is 1. The molecule has 0 aliphatic heterocycles. The molecule has 1 N–H and O–H groups in total. The molecule has 0 aliphatic rings. The summed E-state index contributed by atoms with van der Waals surface area (Å²) in [7, 11) is 1.73. The van der Waals surface area contributed by atoms with Crippen LogP contribution >= 0.6 is 15.9 Å². The lowest BCUT2D eigenvalue weighted by Gasteiger charge is -2.23. The van der Waals surface area contributed by atoms with E-state index in [1.54, 1.807) is 17.7 Å². The second-order valence-electron chi connectivity index (χ2n) is 5.31. The van der Waals surface area contributed by atoms with Crippen LogP contribution in [-0.4, -0.2) is 15.1 Å². The Kier molecular flexibility index (Phi) is 3.19. The Morgan fingerprint density at radius 3 is 2.61 bits per heavy atom. The molecule has 96 valence electrons. The molecule has 0 atom stereocenters. The fourth-order valence-corrected chi connectivity index (χ4v) is 2.16. The predicted molar refractivity (Wildman–Crippen MR) is 78.1 cm³/mol. The van der Waals surface area contributed by atoms with Crippen molar-refractivity contribution in [2.45, 2.75) is 26.3 Å². The number of hydrogen-bond donors (Lipinski definition) is 1. The van der Waals surface area contributed by atoms with E-state index in [0.717, 1.165) is 4.47 Å². The summed E-state index contributed by atoms with van der Waals surface area (Å²) in [6.45, 7) is 6.09. The fourth-order valence-electron chi connectivity index (χ4n) is 1.71. The smallest absolute Gasteiger partial charge is 0.262 e. The number of aromatic nitrogens is 2. The van der Waals surface area contributed by atoms with Crippen molar-refractivity contribution in [2.24, 2.45) is 7.05 Å². The average Bonchev–Trinajstić information content (AvgIpc) is 2.25. The van der Waals surface area contributed by atoms with Crippen LogP contribution in [0.15, 0.2) is 27.5 Å². The van der Waals surface area contributed by atoms with Gasteiger partial charge in [-0.25, -0.2) is 4.98 Å². The molecule has 0 saturated heterocycles. The third-order valence-corrected chi connectivity index (χ3v) is 3.18. The number of benzene rings is 1. The molecular weight excluding hydrogens is 294 g/mol. The van der Waals surface area contributed by atoms with Crippen molar-refractivity contribution in [3.8, 4) is 0 Å². The Labute approximate surface area is 114 Å². The van der Waals surface area contributed by atoms with E-state index in [4.69, 9.17) is 0 Å². The monoisotopic (exact) mass is 309 g/mol. The van der Waals surface area contributed by atoms with Crippen molar-refractivity contribution >= 4 is 32.8 Å². The van der Waals surface area contributed by atoms with Crippen LogP contribution in [0, 0.1) is 0 Å². The van der Waals surface area contributed by atoms with Gasteiger partial charge in [-0.3, -0.25) is 9.36 Å². The zero-order valence-electron chi connectivity index (χ0n) is 10.9. The minimum Gasteiger partial charge on any atom is -0.351 e. The molecule has 0 saturated carbocycles. The molecule has 1 aromatic carbocycles. The number of fused-ring (bicyclic) bond motifs is 1. The van der Waals surface area contributed by atoms with Gasteiger partial charge < -0.3 is 5.32 Å². The second kappa shape index (κ2) is 4.39. The van der Waals surface area contributed by atoms with E-state index >= 15 is 0 Å². The first-order valence-electron chi connectivity index (χ1n) is 5.73. The minimum atomic E-state index is -0.147. The van der Waals surface area contributed by atoms with Gasteiger partial charge in [-0.1, -0.05) is 6.07 Å². The summed E-state index contributed by atoms with van der Waals surface area (Å²) in [6.07, 6.45) is 0. The average molecular weight is 310 g/mol. The van der Waals surface area contributed by atoms with Crippen LogP contribution in [0.5, 0.6) is 0 Å². The lowest BCUT2D eigenvalue weighted by molar-refractivity contribution is 0.615. The maximum Gasteiger partial charge on any atom is 0.262 e. The summed E-state index contributed by atoms with van der Waals surface area (Å²) >= 11 is 3.43. The van der Waals surface area contributed by atoms with Crippen molar-refractivity contribution in [1.29, 1.82) is 0 Å². The van der Waals surface area contributed by atoms with E-state index in [1.165, 1.54) is 0 Å². The van der Waals surface area contributed by atoms with Gasteiger partial charge in [0.1, 0.15) is 0 Å². The van der Waals surface area contributed by atoms with Crippen molar-refractivity contribution in [1.82, 2.24) is 9.55 Å². The van der Waals surface area contributed by atoms with Crippen LogP contribution in [0.3, 0.4) is 0 Å². The number of para-hydroxylation sites is 1. The van der Waals surface area contributed by atoms with Gasteiger partial charge in [0, 0.05) is 17.1 Å². The van der Waals surface area contributed by atoms with E-state index in [0.29, 0.717) is 16.9 Å². The van der Waals surface area contributed by atoms with Crippen LogP contribution in [0.4, 0.5) is 5.95 Å². The fraction of sp³-hybridized carbons (Fsp3) is 0.385. The van der Waals surface area contributed by atoms with Gasteiger partial charge in [0.15, 0.2) is 0 Å². The van der Waals surface area contributed by atoms with Gasteiger partial charge in [-0.15, -0.1) is 0 Å². The van der Waals surface area contributed by atoms with Gasteiger partial charge >= 0.3 is 0 Å². The van der Waals surface area contributed by atoms with Crippen LogP contribution < -0.4 is 10.9 Å². The van der Waals surface area contributed by atoms with Crippen molar-refractivity contribution in [2.75, 3.05) is 5.32 Å². The number of halogens is 1. The van der Waals surface area contributed by atoms with E-state index in [-0.39, 0.29) is 11.1 Å². The summed E-state index contributed by atoms with van der Waals surface area (Å²) < 4.78 is 2.37. The molecule has 1 aromatic heterocycles. The van der Waals surface area contributed by atoms with Gasteiger partial charge in [0.05, 0.1) is 10.9 Å². The summed E-state index contributed by atoms with van der Waals surface area (Å²) in [5.41, 5.74) is 0.493. The molecule has 0 fully saturated rings. The maximum absolute atomic E-state index is 12.2. The third-order valence-electron chi connectivity index (χ3n) is 2.54. The van der Waals surface area contributed by atoms with Gasteiger partial charge in [-0.05, 0) is 48.8 Å². The molecule has 1 heterocycles. The van der Waals surface area contributed by atoms with Crippen LogP contribution in [0.2, 0.25) is 0 Å². The highest BCUT2D eigenvalue weighted by atomic mass is 79.9. The topological polar surface area (TPSA) is 46.9 Å².